The van der Waals surface area contributed by atoms with Gasteiger partial charge in [-0.3, -0.25) is 15.3 Å². The number of carbonyl (C=O) groups excluding carboxylic acids is 2. The molecule has 0 aliphatic carbocycles. The molecule has 0 aliphatic heterocycles. The van der Waals surface area contributed by atoms with Crippen LogP contribution in [0, 0.1) is 5.92 Å². The van der Waals surface area contributed by atoms with Crippen LogP contribution in [0.1, 0.15) is 18.6 Å². The van der Waals surface area contributed by atoms with Crippen molar-refractivity contribution < 1.29 is 29.4 Å². The van der Waals surface area contributed by atoms with Gasteiger partial charge in [-0.2, -0.15) is 0 Å². The molecule has 0 heterocycles. The summed E-state index contributed by atoms with van der Waals surface area (Å²) in [6.45, 7) is 1.77. The summed E-state index contributed by atoms with van der Waals surface area (Å²) in [5, 5.41) is 22.4. The molecule has 0 fully saturated rings. The SMILES string of the molecule is C[C@H](/C=C/C(=O)NO)[C@H](OC(=O)Nc1cccc2ccccc12)c1cccc(OCCO)c1. The van der Waals surface area contributed by atoms with E-state index in [0.717, 1.165) is 16.8 Å². The minimum absolute atomic E-state index is 0.128. The zero-order valence-corrected chi connectivity index (χ0v) is 18.1. The Morgan fingerprint density at radius 2 is 1.82 bits per heavy atom. The molecule has 0 aliphatic rings. The fourth-order valence-corrected chi connectivity index (χ4v) is 3.39. The first-order valence-corrected chi connectivity index (χ1v) is 10.4. The predicted octanol–water partition coefficient (Wildman–Crippen LogP) is 4.20. The fourth-order valence-electron chi connectivity index (χ4n) is 3.39. The summed E-state index contributed by atoms with van der Waals surface area (Å²) in [6.07, 6.45) is 1.27. The molecular weight excluding hydrogens is 424 g/mol. The smallest absolute Gasteiger partial charge is 0.412 e. The first kappa shape index (κ1) is 23.8. The Kier molecular flexibility index (Phi) is 8.40. The van der Waals surface area contributed by atoms with E-state index >= 15 is 0 Å². The zero-order valence-electron chi connectivity index (χ0n) is 18.1. The molecule has 0 bridgehead atoms. The van der Waals surface area contributed by atoms with Crippen LogP contribution in [0.4, 0.5) is 10.5 Å². The average molecular weight is 450 g/mol. The summed E-state index contributed by atoms with van der Waals surface area (Å²) in [5.74, 6) is -0.608. The van der Waals surface area contributed by atoms with E-state index < -0.39 is 24.0 Å². The van der Waals surface area contributed by atoms with Gasteiger partial charge in [0.2, 0.25) is 0 Å². The van der Waals surface area contributed by atoms with Crippen molar-refractivity contribution >= 4 is 28.5 Å². The minimum Gasteiger partial charge on any atom is -0.491 e. The number of amides is 2. The maximum Gasteiger partial charge on any atom is 0.412 e. The minimum atomic E-state index is -0.764. The highest BCUT2D eigenvalue weighted by Gasteiger charge is 2.23. The molecule has 8 heteroatoms. The second-order valence-corrected chi connectivity index (χ2v) is 7.32. The van der Waals surface area contributed by atoms with E-state index in [1.165, 1.54) is 11.6 Å². The molecule has 0 aromatic heterocycles. The summed E-state index contributed by atoms with van der Waals surface area (Å²) in [5.41, 5.74) is 2.78. The van der Waals surface area contributed by atoms with Crippen LogP contribution in [0.15, 0.2) is 78.9 Å². The van der Waals surface area contributed by atoms with Gasteiger partial charge in [-0.1, -0.05) is 61.5 Å². The summed E-state index contributed by atoms with van der Waals surface area (Å²) >= 11 is 0. The number of carbonyl (C=O) groups is 2. The second kappa shape index (κ2) is 11.7. The van der Waals surface area contributed by atoms with Gasteiger partial charge in [-0.25, -0.2) is 10.3 Å². The maximum atomic E-state index is 12.9. The number of aliphatic hydroxyl groups excluding tert-OH is 1. The van der Waals surface area contributed by atoms with Gasteiger partial charge in [-0.15, -0.1) is 0 Å². The molecule has 0 spiro atoms. The molecule has 2 atom stereocenters. The molecule has 8 nitrogen and oxygen atoms in total. The lowest BCUT2D eigenvalue weighted by atomic mass is 9.96. The molecule has 0 saturated heterocycles. The number of hydrogen-bond donors (Lipinski definition) is 4. The number of ether oxygens (including phenoxy) is 2. The number of rotatable bonds is 9. The highest BCUT2D eigenvalue weighted by atomic mass is 16.6. The van der Waals surface area contributed by atoms with Crippen molar-refractivity contribution in [2.24, 2.45) is 5.92 Å². The van der Waals surface area contributed by atoms with Crippen LogP contribution < -0.4 is 15.5 Å². The maximum absolute atomic E-state index is 12.9. The van der Waals surface area contributed by atoms with Crippen molar-refractivity contribution in [1.82, 2.24) is 5.48 Å². The number of benzene rings is 3. The topological polar surface area (TPSA) is 117 Å². The van der Waals surface area contributed by atoms with Crippen molar-refractivity contribution in [2.45, 2.75) is 13.0 Å². The lowest BCUT2D eigenvalue weighted by Crippen LogP contribution is -2.22. The van der Waals surface area contributed by atoms with Gasteiger partial charge in [0, 0.05) is 17.4 Å². The number of aliphatic hydroxyl groups is 1. The normalized spacial score (nSPS) is 12.8. The Balaban J connectivity index is 1.84. The van der Waals surface area contributed by atoms with E-state index in [1.807, 2.05) is 36.4 Å². The van der Waals surface area contributed by atoms with E-state index in [4.69, 9.17) is 19.8 Å². The summed E-state index contributed by atoms with van der Waals surface area (Å²) in [7, 11) is 0. The van der Waals surface area contributed by atoms with Gasteiger partial charge in [-0.05, 0) is 29.1 Å². The molecule has 0 radical (unpaired) electrons. The monoisotopic (exact) mass is 450 g/mol. The number of hydroxylamine groups is 1. The summed E-state index contributed by atoms with van der Waals surface area (Å²) in [6, 6.07) is 20.2. The molecule has 3 aromatic rings. The Morgan fingerprint density at radius 1 is 1.06 bits per heavy atom. The van der Waals surface area contributed by atoms with E-state index in [-0.39, 0.29) is 13.2 Å². The average Bonchev–Trinajstić information content (AvgIpc) is 2.84. The molecule has 2 amide bonds. The van der Waals surface area contributed by atoms with Gasteiger partial charge in [0.1, 0.15) is 18.5 Å². The number of fused-ring (bicyclic) bond motifs is 1. The van der Waals surface area contributed by atoms with E-state index in [0.29, 0.717) is 17.0 Å². The quantitative estimate of drug-likeness (QED) is 0.221. The number of anilines is 1. The molecule has 4 N–H and O–H groups in total. The van der Waals surface area contributed by atoms with E-state index in [9.17, 15) is 9.59 Å². The first-order valence-electron chi connectivity index (χ1n) is 10.4. The molecular formula is C25H26N2O6. The van der Waals surface area contributed by atoms with Crippen LogP contribution >= 0.6 is 0 Å². The summed E-state index contributed by atoms with van der Waals surface area (Å²) in [4.78, 5) is 24.3. The Bertz CT molecular complexity index is 1130. The molecule has 0 saturated carbocycles. The van der Waals surface area contributed by atoms with Gasteiger partial charge in [0.05, 0.1) is 12.3 Å². The molecule has 3 rings (SSSR count). The van der Waals surface area contributed by atoms with Gasteiger partial charge in [0.25, 0.3) is 5.91 Å². The lowest BCUT2D eigenvalue weighted by molar-refractivity contribution is -0.124. The van der Waals surface area contributed by atoms with Crippen LogP contribution in [-0.2, 0) is 9.53 Å². The largest absolute Gasteiger partial charge is 0.491 e. The Hall–Kier alpha value is -3.88. The Morgan fingerprint density at radius 3 is 2.61 bits per heavy atom. The number of hydrogen-bond acceptors (Lipinski definition) is 6. The Labute approximate surface area is 191 Å². The van der Waals surface area contributed by atoms with Crippen LogP contribution in [-0.4, -0.2) is 35.5 Å². The van der Waals surface area contributed by atoms with E-state index in [1.54, 1.807) is 37.3 Å². The molecule has 172 valence electrons. The first-order chi connectivity index (χ1) is 16.0. The standard InChI is InChI=1S/C25H26N2O6/c1-17(12-13-23(29)27-31)24(19-8-4-9-20(16-19)32-15-14-28)33-25(30)26-22-11-5-7-18-6-2-3-10-21(18)22/h2-13,16-17,24,28,31H,14-15H2,1H3,(H,26,30)(H,27,29)/b13-12+/t17-,24+/m1/s1. The lowest BCUT2D eigenvalue weighted by Gasteiger charge is -2.23. The third-order valence-corrected chi connectivity index (χ3v) is 4.95. The van der Waals surface area contributed by atoms with Gasteiger partial charge >= 0.3 is 6.09 Å². The zero-order chi connectivity index (χ0) is 23.6. The van der Waals surface area contributed by atoms with Gasteiger partial charge < -0.3 is 14.6 Å². The van der Waals surface area contributed by atoms with Crippen LogP contribution in [0.2, 0.25) is 0 Å². The molecule has 33 heavy (non-hydrogen) atoms. The van der Waals surface area contributed by atoms with Crippen molar-refractivity contribution in [3.63, 3.8) is 0 Å². The predicted molar refractivity (Wildman–Crippen MR) is 124 cm³/mol. The number of nitrogens with one attached hydrogen (secondary N) is 2. The van der Waals surface area contributed by atoms with E-state index in [2.05, 4.69) is 5.32 Å². The van der Waals surface area contributed by atoms with Crippen molar-refractivity contribution in [3.05, 3.63) is 84.4 Å². The highest BCUT2D eigenvalue weighted by molar-refractivity contribution is 6.00. The van der Waals surface area contributed by atoms with Crippen LogP contribution in [0.25, 0.3) is 10.8 Å². The van der Waals surface area contributed by atoms with Crippen molar-refractivity contribution in [2.75, 3.05) is 18.5 Å². The van der Waals surface area contributed by atoms with Gasteiger partial charge in [0.15, 0.2) is 0 Å². The molecule has 0 unspecified atom stereocenters. The highest BCUT2D eigenvalue weighted by Crippen LogP contribution is 2.31. The van der Waals surface area contributed by atoms with Crippen molar-refractivity contribution in [1.29, 1.82) is 0 Å². The molecule has 3 aromatic carbocycles. The van der Waals surface area contributed by atoms with Crippen LogP contribution in [0.5, 0.6) is 5.75 Å². The fraction of sp³-hybridized carbons (Fsp3) is 0.200. The second-order valence-electron chi connectivity index (χ2n) is 7.32. The third kappa shape index (κ3) is 6.55. The van der Waals surface area contributed by atoms with Crippen molar-refractivity contribution in [3.8, 4) is 5.75 Å². The summed E-state index contributed by atoms with van der Waals surface area (Å²) < 4.78 is 11.2. The third-order valence-electron chi connectivity index (χ3n) is 4.95. The van der Waals surface area contributed by atoms with Crippen LogP contribution in [0.3, 0.4) is 0 Å².